The molecule has 1 fully saturated rings. The van der Waals surface area contributed by atoms with Crippen LogP contribution in [0.2, 0.25) is 0 Å². The van der Waals surface area contributed by atoms with Crippen LogP contribution in [-0.2, 0) is 0 Å². The van der Waals surface area contributed by atoms with Gasteiger partial charge in [0.05, 0.1) is 17.5 Å². The van der Waals surface area contributed by atoms with Gasteiger partial charge in [-0.2, -0.15) is 0 Å². The van der Waals surface area contributed by atoms with E-state index in [0.717, 1.165) is 22.5 Å². The first-order valence-electron chi connectivity index (χ1n) is 9.39. The lowest BCUT2D eigenvalue weighted by molar-refractivity contribution is -0.384. The number of carbonyl (C=O) groups is 1. The second kappa shape index (κ2) is 8.19. The molecule has 154 valence electrons. The summed E-state index contributed by atoms with van der Waals surface area (Å²) in [6, 6.07) is 11.2. The molecule has 1 saturated heterocycles. The van der Waals surface area contributed by atoms with Gasteiger partial charge in [0.15, 0.2) is 0 Å². The number of fused-ring (bicyclic) bond motifs is 1. The summed E-state index contributed by atoms with van der Waals surface area (Å²) in [5.74, 6) is 1.55. The van der Waals surface area contributed by atoms with Crippen molar-refractivity contribution in [2.24, 2.45) is 0 Å². The van der Waals surface area contributed by atoms with Crippen LogP contribution in [-0.4, -0.2) is 59.1 Å². The Morgan fingerprint density at radius 2 is 1.83 bits per heavy atom. The van der Waals surface area contributed by atoms with Gasteiger partial charge in [-0.15, -0.1) is 0 Å². The molecule has 0 saturated carbocycles. The number of methoxy groups -OCH3 is 1. The van der Waals surface area contributed by atoms with E-state index in [2.05, 4.69) is 20.2 Å². The summed E-state index contributed by atoms with van der Waals surface area (Å²) < 4.78 is 5.32. The lowest BCUT2D eigenvalue weighted by Gasteiger charge is -2.35. The predicted octanol–water partition coefficient (Wildman–Crippen LogP) is 2.90. The van der Waals surface area contributed by atoms with Crippen LogP contribution >= 0.6 is 0 Å². The van der Waals surface area contributed by atoms with Crippen LogP contribution < -0.4 is 15.0 Å². The van der Waals surface area contributed by atoms with E-state index in [1.165, 1.54) is 30.6 Å². The standard InChI is InChI=1S/C20H20N6O4/c1-30-16-6-7-18-17(12-16)19(22-13-21-18)24-8-10-25(11-9-24)20(27)23-14-2-4-15(5-3-14)26(28)29/h2-7,12-13H,8-11H2,1H3,(H,23,27). The number of urea groups is 1. The van der Waals surface area contributed by atoms with Crippen molar-refractivity contribution in [3.8, 4) is 5.75 Å². The van der Waals surface area contributed by atoms with Gasteiger partial charge in [-0.05, 0) is 30.3 Å². The van der Waals surface area contributed by atoms with Crippen molar-refractivity contribution in [2.75, 3.05) is 43.5 Å². The van der Waals surface area contributed by atoms with E-state index in [4.69, 9.17) is 4.74 Å². The van der Waals surface area contributed by atoms with E-state index in [1.54, 1.807) is 12.0 Å². The number of amides is 2. The van der Waals surface area contributed by atoms with Gasteiger partial charge in [0.2, 0.25) is 0 Å². The van der Waals surface area contributed by atoms with Crippen LogP contribution in [0.4, 0.5) is 22.0 Å². The van der Waals surface area contributed by atoms with E-state index < -0.39 is 4.92 Å². The lowest BCUT2D eigenvalue weighted by Crippen LogP contribution is -2.50. The largest absolute Gasteiger partial charge is 0.497 e. The molecule has 2 heterocycles. The first kappa shape index (κ1) is 19.4. The maximum absolute atomic E-state index is 12.5. The highest BCUT2D eigenvalue weighted by Gasteiger charge is 2.23. The van der Waals surface area contributed by atoms with Crippen molar-refractivity contribution in [3.63, 3.8) is 0 Å². The summed E-state index contributed by atoms with van der Waals surface area (Å²) in [7, 11) is 1.62. The average molecular weight is 408 g/mol. The fourth-order valence-corrected chi connectivity index (χ4v) is 3.39. The molecule has 0 spiro atoms. The van der Waals surface area contributed by atoms with Crippen LogP contribution in [0, 0.1) is 10.1 Å². The Balaban J connectivity index is 1.42. The molecule has 1 aliphatic heterocycles. The number of hydrogen-bond acceptors (Lipinski definition) is 7. The van der Waals surface area contributed by atoms with Gasteiger partial charge in [-0.25, -0.2) is 14.8 Å². The molecule has 10 heteroatoms. The smallest absolute Gasteiger partial charge is 0.321 e. The minimum absolute atomic E-state index is 0.0182. The van der Waals surface area contributed by atoms with Gasteiger partial charge in [0, 0.05) is 49.4 Å². The Hall–Kier alpha value is -3.95. The molecule has 0 unspecified atom stereocenters. The SMILES string of the molecule is COc1ccc2ncnc(N3CCN(C(=O)Nc4ccc([N+](=O)[O-])cc4)CC3)c2c1. The van der Waals surface area contributed by atoms with Gasteiger partial charge in [-0.3, -0.25) is 10.1 Å². The second-order valence-electron chi connectivity index (χ2n) is 6.79. The van der Waals surface area contributed by atoms with Gasteiger partial charge < -0.3 is 19.9 Å². The molecule has 3 aromatic rings. The van der Waals surface area contributed by atoms with Crippen molar-refractivity contribution >= 4 is 34.1 Å². The van der Waals surface area contributed by atoms with E-state index in [9.17, 15) is 14.9 Å². The van der Waals surface area contributed by atoms with Crippen molar-refractivity contribution in [3.05, 3.63) is 58.9 Å². The zero-order chi connectivity index (χ0) is 21.1. The molecular weight excluding hydrogens is 388 g/mol. The summed E-state index contributed by atoms with van der Waals surface area (Å²) >= 11 is 0. The van der Waals surface area contributed by atoms with Crippen molar-refractivity contribution in [2.45, 2.75) is 0 Å². The molecule has 0 atom stereocenters. The quantitative estimate of drug-likeness (QED) is 0.521. The average Bonchev–Trinajstić information content (AvgIpc) is 2.78. The van der Waals surface area contributed by atoms with Crippen molar-refractivity contribution in [1.29, 1.82) is 0 Å². The molecule has 0 bridgehead atoms. The summed E-state index contributed by atoms with van der Waals surface area (Å²) in [6.45, 7) is 2.29. The number of rotatable bonds is 4. The fraction of sp³-hybridized carbons (Fsp3) is 0.250. The third-order valence-corrected chi connectivity index (χ3v) is 5.02. The van der Waals surface area contributed by atoms with Crippen LogP contribution in [0.15, 0.2) is 48.8 Å². The van der Waals surface area contributed by atoms with Crippen molar-refractivity contribution < 1.29 is 14.5 Å². The van der Waals surface area contributed by atoms with E-state index in [0.29, 0.717) is 31.9 Å². The normalized spacial score (nSPS) is 13.9. The van der Waals surface area contributed by atoms with E-state index in [1.807, 2.05) is 18.2 Å². The topological polar surface area (TPSA) is 114 Å². The van der Waals surface area contributed by atoms with E-state index in [-0.39, 0.29) is 11.7 Å². The first-order valence-corrected chi connectivity index (χ1v) is 9.39. The van der Waals surface area contributed by atoms with Gasteiger partial charge in [-0.1, -0.05) is 0 Å². The maximum Gasteiger partial charge on any atom is 0.321 e. The van der Waals surface area contributed by atoms with Crippen LogP contribution in [0.25, 0.3) is 10.9 Å². The summed E-state index contributed by atoms with van der Waals surface area (Å²) in [5.41, 5.74) is 1.33. The number of nitro groups is 1. The van der Waals surface area contributed by atoms with Crippen LogP contribution in [0.1, 0.15) is 0 Å². The number of aromatic nitrogens is 2. The molecule has 1 aromatic heterocycles. The predicted molar refractivity (Wildman–Crippen MR) is 112 cm³/mol. The third-order valence-electron chi connectivity index (χ3n) is 5.02. The number of anilines is 2. The lowest BCUT2D eigenvalue weighted by atomic mass is 10.2. The highest BCUT2D eigenvalue weighted by Crippen LogP contribution is 2.27. The monoisotopic (exact) mass is 408 g/mol. The highest BCUT2D eigenvalue weighted by atomic mass is 16.6. The third kappa shape index (κ3) is 3.93. The Kier molecular flexibility index (Phi) is 5.29. The Morgan fingerprint density at radius 3 is 2.50 bits per heavy atom. The number of non-ortho nitro benzene ring substituents is 1. The summed E-state index contributed by atoms with van der Waals surface area (Å²) in [6.07, 6.45) is 1.54. The Morgan fingerprint density at radius 1 is 1.10 bits per heavy atom. The summed E-state index contributed by atoms with van der Waals surface area (Å²) in [5, 5.41) is 14.4. The van der Waals surface area contributed by atoms with Crippen LogP contribution in [0.5, 0.6) is 5.75 Å². The molecule has 1 N–H and O–H groups in total. The molecule has 0 radical (unpaired) electrons. The number of benzene rings is 2. The first-order chi connectivity index (χ1) is 14.5. The van der Waals surface area contributed by atoms with Gasteiger partial charge in [0.25, 0.3) is 5.69 Å². The Bertz CT molecular complexity index is 1080. The van der Waals surface area contributed by atoms with Crippen LogP contribution in [0.3, 0.4) is 0 Å². The molecule has 4 rings (SSSR count). The van der Waals surface area contributed by atoms with Crippen molar-refractivity contribution in [1.82, 2.24) is 14.9 Å². The molecule has 2 aromatic carbocycles. The molecule has 1 aliphatic rings. The molecule has 30 heavy (non-hydrogen) atoms. The number of carbonyl (C=O) groups excluding carboxylic acids is 1. The van der Waals surface area contributed by atoms with Gasteiger partial charge in [0.1, 0.15) is 17.9 Å². The highest BCUT2D eigenvalue weighted by molar-refractivity contribution is 5.91. The molecule has 10 nitrogen and oxygen atoms in total. The zero-order valence-electron chi connectivity index (χ0n) is 16.3. The number of piperazine rings is 1. The zero-order valence-corrected chi connectivity index (χ0v) is 16.3. The van der Waals surface area contributed by atoms with E-state index >= 15 is 0 Å². The minimum Gasteiger partial charge on any atom is -0.497 e. The maximum atomic E-state index is 12.5. The summed E-state index contributed by atoms with van der Waals surface area (Å²) in [4.78, 5) is 35.4. The Labute approximate surface area is 172 Å². The number of nitro benzene ring substituents is 1. The number of ether oxygens (including phenoxy) is 1. The number of nitrogens with one attached hydrogen (secondary N) is 1. The minimum atomic E-state index is -0.475. The molecule has 0 aliphatic carbocycles. The fourth-order valence-electron chi connectivity index (χ4n) is 3.39. The number of nitrogens with zero attached hydrogens (tertiary/aromatic N) is 5. The molecular formula is C20H20N6O4. The molecule has 2 amide bonds. The second-order valence-corrected chi connectivity index (χ2v) is 6.79. The van der Waals surface area contributed by atoms with Gasteiger partial charge >= 0.3 is 6.03 Å². The number of hydrogen-bond donors (Lipinski definition) is 1.